The molecule has 0 aromatic heterocycles. The molecule has 0 spiro atoms. The number of quaternary nitrogens is 1. The summed E-state index contributed by atoms with van der Waals surface area (Å²) in [6.45, 7) is 0. The molecule has 7 heteroatoms. The molecule has 12 heavy (non-hydrogen) atoms. The van der Waals surface area contributed by atoms with Gasteiger partial charge in [0, 0.05) is 0 Å². The van der Waals surface area contributed by atoms with Crippen LogP contribution in [0, 0.1) is 0 Å². The Kier molecular flexibility index (Phi) is 1.82. The second kappa shape index (κ2) is 2.54. The molecular weight excluding hydrogens is 170 g/mol. The van der Waals surface area contributed by atoms with E-state index in [9.17, 15) is 14.4 Å². The maximum atomic E-state index is 10.8. The number of carboxylic acid groups (broad SMARTS) is 1. The Bertz CT molecular complexity index is 243. The molecule has 1 aliphatic rings. The van der Waals surface area contributed by atoms with Gasteiger partial charge in [0.05, 0.1) is 12.8 Å². The number of imide groups is 1. The van der Waals surface area contributed by atoms with Crippen LogP contribution >= 0.6 is 0 Å². The summed E-state index contributed by atoms with van der Waals surface area (Å²) in [5.41, 5.74) is 0. The van der Waals surface area contributed by atoms with Crippen molar-refractivity contribution in [3.8, 4) is 0 Å². The Labute approximate surface area is 66.3 Å². The maximum Gasteiger partial charge on any atom is 0.561 e. The third kappa shape index (κ3) is 1.15. The topological polar surface area (TPSA) is 101 Å². The van der Waals surface area contributed by atoms with E-state index in [1.807, 2.05) is 0 Å². The van der Waals surface area contributed by atoms with Crippen molar-refractivity contribution in [1.29, 1.82) is 0 Å². The van der Waals surface area contributed by atoms with Crippen molar-refractivity contribution in [3.63, 3.8) is 0 Å². The van der Waals surface area contributed by atoms with Crippen LogP contribution in [0.15, 0.2) is 0 Å². The summed E-state index contributed by atoms with van der Waals surface area (Å²) in [6, 6.07) is 0. The van der Waals surface area contributed by atoms with Crippen LogP contribution in [0.1, 0.15) is 12.8 Å². The van der Waals surface area contributed by atoms with Gasteiger partial charge in [0.25, 0.3) is 0 Å². The van der Waals surface area contributed by atoms with Gasteiger partial charge in [-0.1, -0.05) is 0 Å². The molecule has 2 N–H and O–H groups in total. The van der Waals surface area contributed by atoms with Gasteiger partial charge < -0.3 is 5.11 Å². The summed E-state index contributed by atoms with van der Waals surface area (Å²) in [4.78, 5) is 33.1. The highest BCUT2D eigenvalue weighted by atomic mass is 17.0. The fourth-order valence-electron chi connectivity index (χ4n) is 0.871. The van der Waals surface area contributed by atoms with Crippen LogP contribution in [0.3, 0.4) is 0 Å². The van der Waals surface area contributed by atoms with Crippen LogP contribution in [-0.2, 0) is 14.4 Å². The summed E-state index contributed by atoms with van der Waals surface area (Å²) in [6.07, 6.45) is -2.29. The highest BCUT2D eigenvalue weighted by Gasteiger charge is 2.55. The molecule has 0 atom stereocenters. The van der Waals surface area contributed by atoms with Crippen molar-refractivity contribution >= 4 is 18.0 Å². The van der Waals surface area contributed by atoms with Gasteiger partial charge >= 0.3 is 18.0 Å². The van der Waals surface area contributed by atoms with E-state index in [0.29, 0.717) is 0 Å². The molecule has 1 heterocycles. The zero-order valence-corrected chi connectivity index (χ0v) is 5.89. The second-order valence-corrected chi connectivity index (χ2v) is 2.22. The molecule has 0 saturated carbocycles. The quantitative estimate of drug-likeness (QED) is 0.321. The Morgan fingerprint density at radius 2 is 1.75 bits per heavy atom. The number of rotatable bonds is 1. The number of nitrogens with zero attached hydrogens (tertiary/aromatic N) is 1. The smallest absolute Gasteiger partial charge is 0.446 e. The third-order valence-electron chi connectivity index (χ3n) is 1.44. The van der Waals surface area contributed by atoms with Crippen LogP contribution in [0.2, 0.25) is 0 Å². The van der Waals surface area contributed by atoms with E-state index < -0.39 is 22.8 Å². The fourth-order valence-corrected chi connectivity index (χ4v) is 0.871. The average Bonchev–Trinajstić information content (AvgIpc) is 2.16. The lowest BCUT2D eigenvalue weighted by atomic mass is 10.4. The first-order valence-electron chi connectivity index (χ1n) is 3.08. The van der Waals surface area contributed by atoms with E-state index in [1.54, 1.807) is 0 Å². The molecule has 2 amide bonds. The van der Waals surface area contributed by atoms with E-state index in [0.717, 1.165) is 0 Å². The Morgan fingerprint density at radius 3 is 2.08 bits per heavy atom. The minimum atomic E-state index is -2.07. The second-order valence-electron chi connectivity index (χ2n) is 2.22. The molecule has 0 bridgehead atoms. The Hall–Kier alpha value is -1.47. The van der Waals surface area contributed by atoms with Crippen LogP contribution < -0.4 is 0 Å². The van der Waals surface area contributed by atoms with E-state index in [4.69, 9.17) is 10.3 Å². The first-order chi connectivity index (χ1) is 5.47. The molecule has 0 unspecified atom stereocenters. The number of carbonyl (C=O) groups excluding carboxylic acids is 2. The van der Waals surface area contributed by atoms with E-state index in [2.05, 4.69) is 4.84 Å². The first-order valence-corrected chi connectivity index (χ1v) is 3.08. The van der Waals surface area contributed by atoms with E-state index in [1.165, 1.54) is 0 Å². The molecule has 1 aliphatic heterocycles. The largest absolute Gasteiger partial charge is 0.561 e. The number of hydrogen-bond acceptors (Lipinski definition) is 5. The first kappa shape index (κ1) is 8.62. The lowest BCUT2D eigenvalue weighted by Crippen LogP contribution is -2.50. The number of amides is 2. The molecule has 0 aromatic carbocycles. The lowest BCUT2D eigenvalue weighted by molar-refractivity contribution is -1.12. The molecule has 0 radical (unpaired) electrons. The van der Waals surface area contributed by atoms with Crippen LogP contribution in [0.4, 0.5) is 4.79 Å². The molecule has 0 aromatic rings. The standard InChI is InChI=1S/C5H5NO6/c7-3-1-2-4(8)6(3,11)12-5(9)10/h11H,1-2H2/p+1. The molecule has 7 nitrogen and oxygen atoms in total. The van der Waals surface area contributed by atoms with E-state index >= 15 is 0 Å². The Balaban J connectivity index is 2.87. The summed E-state index contributed by atoms with van der Waals surface area (Å²) in [5, 5.41) is 17.1. The third-order valence-corrected chi connectivity index (χ3v) is 1.44. The summed E-state index contributed by atoms with van der Waals surface area (Å²) in [7, 11) is 0. The van der Waals surface area contributed by atoms with Crippen LogP contribution in [-0.4, -0.2) is 33.1 Å². The molecule has 1 fully saturated rings. The number of hydroxylamine groups is 4. The highest BCUT2D eigenvalue weighted by Crippen LogP contribution is 2.20. The highest BCUT2D eigenvalue weighted by molar-refractivity contribution is 5.90. The van der Waals surface area contributed by atoms with Crippen molar-refractivity contribution in [2.75, 3.05) is 0 Å². The minimum absolute atomic E-state index is 0.206. The molecule has 0 aliphatic carbocycles. The molecular formula is C5H6NO6+. The molecule has 1 saturated heterocycles. The van der Waals surface area contributed by atoms with Crippen molar-refractivity contribution in [2.24, 2.45) is 0 Å². The SMILES string of the molecule is O=C(O)O[N+]1(O)C(=O)CCC1=O. The average molecular weight is 176 g/mol. The van der Waals surface area contributed by atoms with Gasteiger partial charge in [-0.2, -0.15) is 14.8 Å². The predicted molar refractivity (Wildman–Crippen MR) is 30.4 cm³/mol. The number of hydrogen-bond donors (Lipinski definition) is 2. The molecule has 66 valence electrons. The van der Waals surface area contributed by atoms with Crippen molar-refractivity contribution in [1.82, 2.24) is 0 Å². The van der Waals surface area contributed by atoms with E-state index in [-0.39, 0.29) is 12.8 Å². The zero-order valence-electron chi connectivity index (χ0n) is 5.89. The normalized spacial score (nSPS) is 21.1. The van der Waals surface area contributed by atoms with Crippen molar-refractivity contribution in [2.45, 2.75) is 12.8 Å². The Morgan fingerprint density at radius 1 is 1.33 bits per heavy atom. The van der Waals surface area contributed by atoms with Gasteiger partial charge in [-0.3, -0.25) is 0 Å². The van der Waals surface area contributed by atoms with Crippen molar-refractivity contribution < 1.29 is 34.3 Å². The van der Waals surface area contributed by atoms with Gasteiger partial charge in [0.15, 0.2) is 0 Å². The summed E-state index contributed by atoms with van der Waals surface area (Å²) < 4.78 is 0. The van der Waals surface area contributed by atoms with Gasteiger partial charge in [-0.25, -0.2) is 9.59 Å². The fraction of sp³-hybridized carbons (Fsp3) is 0.400. The van der Waals surface area contributed by atoms with Gasteiger partial charge in [0.1, 0.15) is 4.81 Å². The maximum absolute atomic E-state index is 10.8. The minimum Gasteiger partial charge on any atom is -0.446 e. The number of carbonyl (C=O) groups is 3. The van der Waals surface area contributed by atoms with Gasteiger partial charge in [-0.15, -0.1) is 0 Å². The zero-order chi connectivity index (χ0) is 9.35. The predicted octanol–water partition coefficient (Wildman–Crippen LogP) is -0.351. The van der Waals surface area contributed by atoms with Crippen LogP contribution in [0.5, 0.6) is 0 Å². The summed E-state index contributed by atoms with van der Waals surface area (Å²) in [5.74, 6) is -1.94. The lowest BCUT2D eigenvalue weighted by Gasteiger charge is -2.12. The van der Waals surface area contributed by atoms with Gasteiger partial charge in [-0.05, 0) is 0 Å². The van der Waals surface area contributed by atoms with Crippen LogP contribution in [0.25, 0.3) is 0 Å². The monoisotopic (exact) mass is 176 g/mol. The van der Waals surface area contributed by atoms with Crippen molar-refractivity contribution in [3.05, 3.63) is 0 Å². The summed E-state index contributed by atoms with van der Waals surface area (Å²) >= 11 is 0. The van der Waals surface area contributed by atoms with Gasteiger partial charge in [0.2, 0.25) is 0 Å². The molecule has 1 rings (SSSR count).